The van der Waals surface area contributed by atoms with Gasteiger partial charge in [0.15, 0.2) is 0 Å². The van der Waals surface area contributed by atoms with E-state index in [1.807, 2.05) is 12.1 Å². The van der Waals surface area contributed by atoms with E-state index in [1.165, 1.54) is 7.11 Å². The van der Waals surface area contributed by atoms with Gasteiger partial charge in [-0.25, -0.2) is 4.79 Å². The summed E-state index contributed by atoms with van der Waals surface area (Å²) in [5.41, 5.74) is 6.24. The largest absolute Gasteiger partial charge is 0.507 e. The van der Waals surface area contributed by atoms with Crippen LogP contribution in [-0.4, -0.2) is 26.5 Å². The van der Waals surface area contributed by atoms with Gasteiger partial charge in [-0.05, 0) is 12.1 Å². The third-order valence-corrected chi connectivity index (χ3v) is 1.80. The van der Waals surface area contributed by atoms with E-state index in [2.05, 4.69) is 9.47 Å². The van der Waals surface area contributed by atoms with Crippen LogP contribution in [0.1, 0.15) is 6.42 Å². The fourth-order valence-electron chi connectivity index (χ4n) is 1.07. The Kier molecular flexibility index (Phi) is 4.98. The number of hydrogen-bond donors (Lipinski definition) is 1. The highest BCUT2D eigenvalue weighted by Crippen LogP contribution is 2.14. The quantitative estimate of drug-likeness (QED) is 0.470. The van der Waals surface area contributed by atoms with Crippen molar-refractivity contribution in [2.45, 2.75) is 6.42 Å². The number of nitrogens with two attached hydrogens (primary N) is 1. The van der Waals surface area contributed by atoms with Crippen LogP contribution in [-0.2, 0) is 9.47 Å². The maximum Gasteiger partial charge on any atom is 0.507 e. The first-order valence-electron chi connectivity index (χ1n) is 4.91. The first-order valence-corrected chi connectivity index (χ1v) is 4.91. The highest BCUT2D eigenvalue weighted by Gasteiger charge is 1.99. The molecule has 88 valence electrons. The Labute approximate surface area is 94.1 Å². The highest BCUT2D eigenvalue weighted by atomic mass is 16.7. The van der Waals surface area contributed by atoms with E-state index >= 15 is 0 Å². The number of rotatable bonds is 5. The zero-order valence-electron chi connectivity index (χ0n) is 9.14. The molecule has 0 saturated heterocycles. The van der Waals surface area contributed by atoms with Crippen molar-refractivity contribution in [1.82, 2.24) is 0 Å². The minimum Gasteiger partial charge on any atom is -0.493 e. The summed E-state index contributed by atoms with van der Waals surface area (Å²) in [7, 11) is 1.27. The van der Waals surface area contributed by atoms with E-state index in [4.69, 9.17) is 10.5 Å². The number of benzene rings is 1. The standard InChI is InChI=1S/C11H15NO4/c1-14-11(13)16-7-3-6-15-10-5-2-4-9(12)8-10/h2,4-5,8H,3,6-7,12H2,1H3. The van der Waals surface area contributed by atoms with E-state index in [0.29, 0.717) is 24.5 Å². The van der Waals surface area contributed by atoms with E-state index in [0.717, 1.165) is 0 Å². The van der Waals surface area contributed by atoms with Crippen molar-refractivity contribution >= 4 is 11.8 Å². The van der Waals surface area contributed by atoms with Crippen molar-refractivity contribution in [2.24, 2.45) is 0 Å². The Bertz CT molecular complexity index is 341. The molecular formula is C11H15NO4. The van der Waals surface area contributed by atoms with E-state index in [1.54, 1.807) is 12.1 Å². The van der Waals surface area contributed by atoms with Crippen LogP contribution in [0.25, 0.3) is 0 Å². The molecule has 0 bridgehead atoms. The fraction of sp³-hybridized carbons (Fsp3) is 0.364. The van der Waals surface area contributed by atoms with Crippen LogP contribution in [0.15, 0.2) is 24.3 Å². The average Bonchev–Trinajstić information content (AvgIpc) is 2.28. The van der Waals surface area contributed by atoms with Gasteiger partial charge in [-0.15, -0.1) is 0 Å². The van der Waals surface area contributed by atoms with Gasteiger partial charge in [0.2, 0.25) is 0 Å². The average molecular weight is 225 g/mol. The molecule has 0 heterocycles. The zero-order valence-corrected chi connectivity index (χ0v) is 9.14. The summed E-state index contributed by atoms with van der Waals surface area (Å²) < 4.78 is 14.4. The summed E-state index contributed by atoms with van der Waals surface area (Å²) >= 11 is 0. The molecule has 0 aliphatic carbocycles. The Morgan fingerprint density at radius 1 is 1.38 bits per heavy atom. The Balaban J connectivity index is 2.14. The van der Waals surface area contributed by atoms with Crippen LogP contribution >= 0.6 is 0 Å². The first kappa shape index (κ1) is 12.2. The Hall–Kier alpha value is -1.91. The van der Waals surface area contributed by atoms with E-state index in [-0.39, 0.29) is 6.61 Å². The lowest BCUT2D eigenvalue weighted by molar-refractivity contribution is 0.0687. The SMILES string of the molecule is COC(=O)OCCCOc1cccc(N)c1. The molecule has 0 radical (unpaired) electrons. The molecule has 0 aliphatic heterocycles. The molecule has 0 amide bonds. The molecule has 0 unspecified atom stereocenters. The number of ether oxygens (including phenoxy) is 3. The number of anilines is 1. The van der Waals surface area contributed by atoms with Crippen LogP contribution in [0.3, 0.4) is 0 Å². The summed E-state index contributed by atoms with van der Waals surface area (Å²) in [6, 6.07) is 7.15. The lowest BCUT2D eigenvalue weighted by Crippen LogP contribution is -2.08. The van der Waals surface area contributed by atoms with Gasteiger partial charge in [0.1, 0.15) is 5.75 Å². The molecular weight excluding hydrogens is 210 g/mol. The van der Waals surface area contributed by atoms with Crippen molar-refractivity contribution in [3.8, 4) is 5.75 Å². The van der Waals surface area contributed by atoms with Crippen LogP contribution in [0.5, 0.6) is 5.75 Å². The molecule has 1 rings (SSSR count). The fourth-order valence-corrected chi connectivity index (χ4v) is 1.07. The van der Waals surface area contributed by atoms with Crippen molar-refractivity contribution in [3.05, 3.63) is 24.3 Å². The van der Waals surface area contributed by atoms with Crippen LogP contribution in [0.2, 0.25) is 0 Å². The lowest BCUT2D eigenvalue weighted by Gasteiger charge is -2.06. The molecule has 16 heavy (non-hydrogen) atoms. The normalized spacial score (nSPS) is 9.56. The van der Waals surface area contributed by atoms with Gasteiger partial charge >= 0.3 is 6.16 Å². The monoisotopic (exact) mass is 225 g/mol. The van der Waals surface area contributed by atoms with Gasteiger partial charge in [0.05, 0.1) is 20.3 Å². The molecule has 0 fully saturated rings. The van der Waals surface area contributed by atoms with Gasteiger partial charge in [0, 0.05) is 18.2 Å². The smallest absolute Gasteiger partial charge is 0.493 e. The summed E-state index contributed by atoms with van der Waals surface area (Å²) in [6.07, 6.45) is -0.0758. The second-order valence-corrected chi connectivity index (χ2v) is 3.08. The lowest BCUT2D eigenvalue weighted by atomic mass is 10.3. The molecule has 0 aliphatic rings. The predicted octanol–water partition coefficient (Wildman–Crippen LogP) is 1.82. The minimum absolute atomic E-state index is 0.273. The van der Waals surface area contributed by atoms with Crippen LogP contribution < -0.4 is 10.5 Å². The third kappa shape index (κ3) is 4.54. The van der Waals surface area contributed by atoms with Crippen molar-refractivity contribution < 1.29 is 19.0 Å². The maximum absolute atomic E-state index is 10.6. The van der Waals surface area contributed by atoms with Crippen molar-refractivity contribution in [3.63, 3.8) is 0 Å². The van der Waals surface area contributed by atoms with Crippen LogP contribution in [0, 0.1) is 0 Å². The van der Waals surface area contributed by atoms with Crippen molar-refractivity contribution in [1.29, 1.82) is 0 Å². The molecule has 0 aromatic heterocycles. The van der Waals surface area contributed by atoms with E-state index < -0.39 is 6.16 Å². The summed E-state index contributed by atoms with van der Waals surface area (Å²) in [5.74, 6) is 0.707. The molecule has 1 aromatic carbocycles. The second kappa shape index (κ2) is 6.55. The van der Waals surface area contributed by atoms with Gasteiger partial charge in [-0.1, -0.05) is 6.07 Å². The number of carbonyl (C=O) groups is 1. The molecule has 0 atom stereocenters. The molecule has 5 heteroatoms. The highest BCUT2D eigenvalue weighted by molar-refractivity contribution is 5.59. The molecule has 2 N–H and O–H groups in total. The van der Waals surface area contributed by atoms with Gasteiger partial charge < -0.3 is 19.9 Å². The second-order valence-electron chi connectivity index (χ2n) is 3.08. The topological polar surface area (TPSA) is 70.8 Å². The zero-order chi connectivity index (χ0) is 11.8. The van der Waals surface area contributed by atoms with Gasteiger partial charge in [-0.2, -0.15) is 0 Å². The number of carbonyl (C=O) groups excluding carboxylic acids is 1. The summed E-state index contributed by atoms with van der Waals surface area (Å²) in [5, 5.41) is 0. The molecule has 5 nitrogen and oxygen atoms in total. The summed E-state index contributed by atoms with van der Waals surface area (Å²) in [4.78, 5) is 10.6. The Morgan fingerprint density at radius 2 is 2.19 bits per heavy atom. The van der Waals surface area contributed by atoms with Gasteiger partial charge in [-0.3, -0.25) is 0 Å². The maximum atomic E-state index is 10.6. The summed E-state index contributed by atoms with van der Waals surface area (Å²) in [6.45, 7) is 0.732. The molecule has 0 spiro atoms. The number of nitrogen functional groups attached to an aromatic ring is 1. The number of methoxy groups -OCH3 is 1. The minimum atomic E-state index is -0.677. The van der Waals surface area contributed by atoms with Crippen molar-refractivity contribution in [2.75, 3.05) is 26.1 Å². The molecule has 0 saturated carbocycles. The van der Waals surface area contributed by atoms with E-state index in [9.17, 15) is 4.79 Å². The first-order chi connectivity index (χ1) is 7.72. The molecule has 1 aromatic rings. The predicted molar refractivity (Wildman–Crippen MR) is 59.3 cm³/mol. The number of hydrogen-bond acceptors (Lipinski definition) is 5. The third-order valence-electron chi connectivity index (χ3n) is 1.80. The van der Waals surface area contributed by atoms with Crippen LogP contribution in [0.4, 0.5) is 10.5 Å². The van der Waals surface area contributed by atoms with Gasteiger partial charge in [0.25, 0.3) is 0 Å². The Morgan fingerprint density at radius 3 is 2.88 bits per heavy atom.